The number of benzene rings is 2. The summed E-state index contributed by atoms with van der Waals surface area (Å²) in [5, 5.41) is 2.60. The summed E-state index contributed by atoms with van der Waals surface area (Å²) in [5.74, 6) is -0.511. The highest BCUT2D eigenvalue weighted by molar-refractivity contribution is 7.89. The zero-order chi connectivity index (χ0) is 21.9. The number of rotatable bonds is 5. The van der Waals surface area contributed by atoms with Crippen LogP contribution in [0.2, 0.25) is 0 Å². The molecule has 0 radical (unpaired) electrons. The zero-order valence-corrected chi connectivity index (χ0v) is 17.3. The average molecular weight is 440 g/mol. The van der Waals surface area contributed by atoms with E-state index in [1.807, 2.05) is 6.92 Å². The van der Waals surface area contributed by atoms with E-state index < -0.39 is 33.7 Å². The molecular weight excluding hydrogens is 417 g/mol. The van der Waals surface area contributed by atoms with E-state index in [0.29, 0.717) is 24.8 Å². The molecule has 0 bridgehead atoms. The van der Waals surface area contributed by atoms with Crippen molar-refractivity contribution in [3.8, 4) is 0 Å². The van der Waals surface area contributed by atoms with Crippen LogP contribution < -0.4 is 5.32 Å². The Morgan fingerprint density at radius 3 is 2.50 bits per heavy atom. The van der Waals surface area contributed by atoms with Crippen LogP contribution in [0.15, 0.2) is 53.4 Å². The van der Waals surface area contributed by atoms with Crippen molar-refractivity contribution in [3.63, 3.8) is 0 Å². The molecule has 1 unspecified atom stereocenters. The summed E-state index contributed by atoms with van der Waals surface area (Å²) in [6.45, 7) is 1.96. The van der Waals surface area contributed by atoms with E-state index in [1.54, 1.807) is 12.1 Å². The number of halogens is 3. The Labute approximate surface area is 173 Å². The molecule has 1 amide bonds. The van der Waals surface area contributed by atoms with Gasteiger partial charge in [0.2, 0.25) is 15.9 Å². The quantitative estimate of drug-likeness (QED) is 0.768. The Balaban J connectivity index is 1.75. The maximum absolute atomic E-state index is 13.1. The van der Waals surface area contributed by atoms with Crippen molar-refractivity contribution >= 4 is 15.9 Å². The highest BCUT2D eigenvalue weighted by atomic mass is 32.2. The smallest absolute Gasteiger partial charge is 0.351 e. The second-order valence-corrected chi connectivity index (χ2v) is 9.25. The maximum atomic E-state index is 13.1. The fraction of sp³-hybridized carbons (Fsp3) is 0.381. The number of hydrogen-bond donors (Lipinski definition) is 1. The van der Waals surface area contributed by atoms with Crippen LogP contribution in [-0.4, -0.2) is 31.2 Å². The Kier molecular flexibility index (Phi) is 6.52. The van der Waals surface area contributed by atoms with Crippen molar-refractivity contribution in [1.82, 2.24) is 9.62 Å². The summed E-state index contributed by atoms with van der Waals surface area (Å²) < 4.78 is 65.9. The van der Waals surface area contributed by atoms with Crippen LogP contribution in [0.3, 0.4) is 0 Å². The van der Waals surface area contributed by atoms with E-state index in [0.717, 1.165) is 17.7 Å². The van der Waals surface area contributed by atoms with E-state index in [-0.39, 0.29) is 18.0 Å². The van der Waals surface area contributed by atoms with Crippen LogP contribution in [-0.2, 0) is 27.5 Å². The molecule has 3 rings (SSSR count). The molecule has 30 heavy (non-hydrogen) atoms. The topological polar surface area (TPSA) is 66.5 Å². The second-order valence-electron chi connectivity index (χ2n) is 7.36. The number of nitrogens with zero attached hydrogens (tertiary/aromatic N) is 1. The second kappa shape index (κ2) is 8.77. The number of hydrogen-bond acceptors (Lipinski definition) is 3. The number of nitrogens with one attached hydrogen (secondary N) is 1. The molecule has 0 saturated carbocycles. The van der Waals surface area contributed by atoms with Gasteiger partial charge in [0, 0.05) is 13.1 Å². The maximum Gasteiger partial charge on any atom is 0.416 e. The van der Waals surface area contributed by atoms with Gasteiger partial charge in [0.25, 0.3) is 0 Å². The molecule has 1 atom stereocenters. The molecule has 1 N–H and O–H groups in total. The number of alkyl halides is 3. The molecule has 1 aliphatic heterocycles. The summed E-state index contributed by atoms with van der Waals surface area (Å²) in [4.78, 5) is 12.9. The Morgan fingerprint density at radius 1 is 1.13 bits per heavy atom. The molecule has 0 aliphatic carbocycles. The fourth-order valence-corrected chi connectivity index (χ4v) is 5.12. The van der Waals surface area contributed by atoms with E-state index in [2.05, 4.69) is 5.32 Å². The summed E-state index contributed by atoms with van der Waals surface area (Å²) >= 11 is 0. The molecule has 2 aromatic carbocycles. The van der Waals surface area contributed by atoms with Gasteiger partial charge in [-0.3, -0.25) is 4.79 Å². The van der Waals surface area contributed by atoms with E-state index in [9.17, 15) is 26.4 Å². The molecule has 9 heteroatoms. The van der Waals surface area contributed by atoms with Gasteiger partial charge in [-0.1, -0.05) is 36.2 Å². The average Bonchev–Trinajstić information content (AvgIpc) is 2.72. The molecule has 1 aliphatic rings. The molecule has 1 heterocycles. The SMILES string of the molecule is Cc1ccc(S(=O)(=O)N2CCCCC2C(=O)NCc2cccc(C(F)(F)F)c2)cc1. The predicted molar refractivity (Wildman–Crippen MR) is 106 cm³/mol. The minimum Gasteiger partial charge on any atom is -0.351 e. The zero-order valence-electron chi connectivity index (χ0n) is 16.4. The predicted octanol–water partition coefficient (Wildman–Crippen LogP) is 3.87. The van der Waals surface area contributed by atoms with Gasteiger partial charge in [-0.05, 0) is 49.6 Å². The molecule has 1 saturated heterocycles. The molecule has 1 fully saturated rings. The van der Waals surface area contributed by atoms with Crippen molar-refractivity contribution in [2.24, 2.45) is 0 Å². The summed E-state index contributed by atoms with van der Waals surface area (Å²) in [7, 11) is -3.86. The fourth-order valence-electron chi connectivity index (χ4n) is 3.46. The monoisotopic (exact) mass is 440 g/mol. The first-order chi connectivity index (χ1) is 14.1. The van der Waals surface area contributed by atoms with Gasteiger partial charge in [0.15, 0.2) is 0 Å². The van der Waals surface area contributed by atoms with Gasteiger partial charge >= 0.3 is 6.18 Å². The lowest BCUT2D eigenvalue weighted by Crippen LogP contribution is -2.51. The Bertz CT molecular complexity index is 1000. The van der Waals surface area contributed by atoms with Gasteiger partial charge in [0.05, 0.1) is 10.5 Å². The van der Waals surface area contributed by atoms with Gasteiger partial charge in [0.1, 0.15) is 6.04 Å². The van der Waals surface area contributed by atoms with Crippen LogP contribution in [0.1, 0.15) is 36.0 Å². The number of carbonyl (C=O) groups excluding carboxylic acids is 1. The first kappa shape index (κ1) is 22.3. The van der Waals surface area contributed by atoms with E-state index >= 15 is 0 Å². The number of sulfonamides is 1. The van der Waals surface area contributed by atoms with Gasteiger partial charge < -0.3 is 5.32 Å². The molecule has 2 aromatic rings. The van der Waals surface area contributed by atoms with Crippen LogP contribution in [0.5, 0.6) is 0 Å². The number of amides is 1. The van der Waals surface area contributed by atoms with Crippen molar-refractivity contribution in [3.05, 3.63) is 65.2 Å². The standard InChI is InChI=1S/C21H23F3N2O3S/c1-15-8-10-18(11-9-15)30(28,29)26-12-3-2-7-19(26)20(27)25-14-16-5-4-6-17(13-16)21(22,23)24/h4-6,8-11,13,19H,2-3,7,12,14H2,1H3,(H,25,27). The minimum absolute atomic E-state index is 0.113. The lowest BCUT2D eigenvalue weighted by Gasteiger charge is -2.33. The molecule has 162 valence electrons. The van der Waals surface area contributed by atoms with Gasteiger partial charge in [-0.2, -0.15) is 17.5 Å². The van der Waals surface area contributed by atoms with Crippen molar-refractivity contribution < 1.29 is 26.4 Å². The Hall–Kier alpha value is -2.39. The molecule has 5 nitrogen and oxygen atoms in total. The third-order valence-corrected chi connectivity index (χ3v) is 7.03. The van der Waals surface area contributed by atoms with Gasteiger partial charge in [-0.25, -0.2) is 8.42 Å². The van der Waals surface area contributed by atoms with Crippen molar-refractivity contribution in [2.45, 2.75) is 49.8 Å². The van der Waals surface area contributed by atoms with Crippen LogP contribution in [0.4, 0.5) is 13.2 Å². The van der Waals surface area contributed by atoms with Gasteiger partial charge in [-0.15, -0.1) is 0 Å². The van der Waals surface area contributed by atoms with E-state index in [4.69, 9.17) is 0 Å². The van der Waals surface area contributed by atoms with Crippen molar-refractivity contribution in [1.29, 1.82) is 0 Å². The van der Waals surface area contributed by atoms with Crippen LogP contribution in [0, 0.1) is 6.92 Å². The lowest BCUT2D eigenvalue weighted by atomic mass is 10.0. The largest absolute Gasteiger partial charge is 0.416 e. The number of carbonyl (C=O) groups is 1. The number of aryl methyl sites for hydroxylation is 1. The van der Waals surface area contributed by atoms with E-state index in [1.165, 1.54) is 28.6 Å². The highest BCUT2D eigenvalue weighted by Gasteiger charge is 2.37. The summed E-state index contributed by atoms with van der Waals surface area (Å²) in [6.07, 6.45) is -2.77. The lowest BCUT2D eigenvalue weighted by molar-refractivity contribution is -0.137. The minimum atomic E-state index is -4.47. The molecule has 0 aromatic heterocycles. The molecule has 0 spiro atoms. The number of piperidine rings is 1. The first-order valence-electron chi connectivity index (χ1n) is 9.61. The highest BCUT2D eigenvalue weighted by Crippen LogP contribution is 2.30. The Morgan fingerprint density at radius 2 is 1.83 bits per heavy atom. The third-order valence-electron chi connectivity index (χ3n) is 5.10. The van der Waals surface area contributed by atoms with Crippen LogP contribution >= 0.6 is 0 Å². The van der Waals surface area contributed by atoms with Crippen molar-refractivity contribution in [2.75, 3.05) is 6.54 Å². The summed E-state index contributed by atoms with van der Waals surface area (Å²) in [6, 6.07) is 10.2. The first-order valence-corrected chi connectivity index (χ1v) is 11.1. The molecular formula is C21H23F3N2O3S. The summed E-state index contributed by atoms with van der Waals surface area (Å²) in [5.41, 5.74) is 0.417. The van der Waals surface area contributed by atoms with Crippen LogP contribution in [0.25, 0.3) is 0 Å². The third kappa shape index (κ3) is 5.02. The normalized spacial score (nSPS) is 18.2.